The summed E-state index contributed by atoms with van der Waals surface area (Å²) in [5.41, 5.74) is 5.69. The predicted octanol–water partition coefficient (Wildman–Crippen LogP) is 3.78. The lowest BCUT2D eigenvalue weighted by molar-refractivity contribution is -0.126. The number of hydrazone groups is 2. The molecular formula is C26H22N4O4. The maximum Gasteiger partial charge on any atom is 0.240 e. The summed E-state index contributed by atoms with van der Waals surface area (Å²) in [7, 11) is 0. The predicted molar refractivity (Wildman–Crippen MR) is 132 cm³/mol. The van der Waals surface area contributed by atoms with Crippen LogP contribution in [0.4, 0.5) is 0 Å². The van der Waals surface area contributed by atoms with E-state index in [-0.39, 0.29) is 24.3 Å². The van der Waals surface area contributed by atoms with E-state index in [4.69, 9.17) is 0 Å². The summed E-state index contributed by atoms with van der Waals surface area (Å²) in [6, 6.07) is 21.7. The number of rotatable bonds is 7. The highest BCUT2D eigenvalue weighted by Gasteiger charge is 2.08. The molecule has 4 N–H and O–H groups in total. The molecule has 0 atom stereocenters. The van der Waals surface area contributed by atoms with Gasteiger partial charge in [0.2, 0.25) is 11.8 Å². The highest BCUT2D eigenvalue weighted by atomic mass is 16.3. The molecule has 0 aliphatic carbocycles. The topological polar surface area (TPSA) is 123 Å². The fourth-order valence-electron chi connectivity index (χ4n) is 3.52. The third kappa shape index (κ3) is 5.18. The molecule has 8 heteroatoms. The first-order valence-corrected chi connectivity index (χ1v) is 10.6. The van der Waals surface area contributed by atoms with E-state index in [1.54, 1.807) is 24.3 Å². The molecule has 0 saturated carbocycles. The smallest absolute Gasteiger partial charge is 0.240 e. The van der Waals surface area contributed by atoms with Gasteiger partial charge in [0, 0.05) is 24.0 Å². The molecule has 8 nitrogen and oxygen atoms in total. The first-order chi connectivity index (χ1) is 16.5. The standard InChI is InChI=1S/C26H22N4O4/c31-23-11-9-17-5-1-3-7-19(17)21(23)15-27-29-25(33)13-14-26(34)30-28-16-22-20-8-4-2-6-18(20)10-12-24(22)32/h1-12,15-16,31-32H,13-14H2,(H,29,33)(H,30,34). The zero-order chi connectivity index (χ0) is 23.9. The summed E-state index contributed by atoms with van der Waals surface area (Å²) < 4.78 is 0. The lowest BCUT2D eigenvalue weighted by Gasteiger charge is -2.05. The average molecular weight is 454 g/mol. The van der Waals surface area contributed by atoms with Crippen LogP contribution in [0.25, 0.3) is 21.5 Å². The molecule has 0 heterocycles. The second-order valence-corrected chi connectivity index (χ2v) is 7.53. The average Bonchev–Trinajstić information content (AvgIpc) is 2.85. The Bertz CT molecular complexity index is 1320. The van der Waals surface area contributed by atoms with Crippen molar-refractivity contribution < 1.29 is 19.8 Å². The van der Waals surface area contributed by atoms with E-state index in [9.17, 15) is 19.8 Å². The fourth-order valence-corrected chi connectivity index (χ4v) is 3.52. The maximum absolute atomic E-state index is 12.0. The van der Waals surface area contributed by atoms with Gasteiger partial charge in [-0.2, -0.15) is 10.2 Å². The molecule has 0 bridgehead atoms. The summed E-state index contributed by atoms with van der Waals surface area (Å²) in [6.45, 7) is 0. The van der Waals surface area contributed by atoms with E-state index < -0.39 is 11.8 Å². The first-order valence-electron chi connectivity index (χ1n) is 10.6. The molecule has 0 saturated heterocycles. The number of carbonyl (C=O) groups is 2. The lowest BCUT2D eigenvalue weighted by atomic mass is 10.0. The number of benzene rings is 4. The van der Waals surface area contributed by atoms with Crippen molar-refractivity contribution in [3.63, 3.8) is 0 Å². The van der Waals surface area contributed by atoms with Crippen LogP contribution in [0.1, 0.15) is 24.0 Å². The number of aromatic hydroxyl groups is 2. The summed E-state index contributed by atoms with van der Waals surface area (Å²) in [5.74, 6) is -0.819. The van der Waals surface area contributed by atoms with Gasteiger partial charge >= 0.3 is 0 Å². The molecule has 4 rings (SSSR count). The molecule has 34 heavy (non-hydrogen) atoms. The van der Waals surface area contributed by atoms with Gasteiger partial charge in [0.15, 0.2) is 0 Å². The Morgan fingerprint density at radius 3 is 1.50 bits per heavy atom. The molecule has 0 aliphatic rings. The van der Waals surface area contributed by atoms with Crippen LogP contribution in [-0.4, -0.2) is 34.5 Å². The second kappa shape index (κ2) is 10.3. The Labute approximate surface area is 195 Å². The number of carbonyl (C=O) groups excluding carboxylic acids is 2. The number of hydrogen-bond donors (Lipinski definition) is 4. The van der Waals surface area contributed by atoms with Gasteiger partial charge in [0.05, 0.1) is 12.4 Å². The molecule has 4 aromatic carbocycles. The van der Waals surface area contributed by atoms with Gasteiger partial charge in [-0.05, 0) is 33.7 Å². The van der Waals surface area contributed by atoms with E-state index in [1.165, 1.54) is 12.4 Å². The quantitative estimate of drug-likeness (QED) is 0.251. The monoisotopic (exact) mass is 454 g/mol. The minimum atomic E-state index is -0.457. The number of amides is 2. The van der Waals surface area contributed by atoms with Gasteiger partial charge < -0.3 is 10.2 Å². The fraction of sp³-hybridized carbons (Fsp3) is 0.0769. The van der Waals surface area contributed by atoms with Crippen molar-refractivity contribution in [3.8, 4) is 11.5 Å². The third-order valence-corrected chi connectivity index (χ3v) is 5.24. The minimum absolute atomic E-state index is 0.0474. The Kier molecular flexibility index (Phi) is 6.78. The Morgan fingerprint density at radius 2 is 1.06 bits per heavy atom. The van der Waals surface area contributed by atoms with Gasteiger partial charge in [0.1, 0.15) is 11.5 Å². The van der Waals surface area contributed by atoms with Crippen molar-refractivity contribution in [1.29, 1.82) is 0 Å². The zero-order valence-electron chi connectivity index (χ0n) is 18.1. The highest BCUT2D eigenvalue weighted by molar-refractivity contribution is 6.03. The number of hydrogen-bond acceptors (Lipinski definition) is 6. The van der Waals surface area contributed by atoms with Crippen LogP contribution in [-0.2, 0) is 9.59 Å². The molecule has 0 radical (unpaired) electrons. The summed E-state index contributed by atoms with van der Waals surface area (Å²) >= 11 is 0. The van der Waals surface area contributed by atoms with Crippen LogP contribution in [0.2, 0.25) is 0 Å². The molecule has 0 fully saturated rings. The van der Waals surface area contributed by atoms with Crippen molar-refractivity contribution in [2.24, 2.45) is 10.2 Å². The zero-order valence-corrected chi connectivity index (χ0v) is 18.1. The van der Waals surface area contributed by atoms with Crippen LogP contribution in [0.3, 0.4) is 0 Å². The van der Waals surface area contributed by atoms with Crippen LogP contribution < -0.4 is 10.9 Å². The molecular weight excluding hydrogens is 432 g/mol. The Hall–Kier alpha value is -4.72. The SMILES string of the molecule is O=C(CCC(=O)NN=Cc1c(O)ccc2ccccc12)NN=Cc1c(O)ccc2ccccc12. The Morgan fingerprint density at radius 1 is 0.647 bits per heavy atom. The van der Waals surface area contributed by atoms with Crippen molar-refractivity contribution >= 4 is 45.8 Å². The Balaban J connectivity index is 1.29. The largest absolute Gasteiger partial charge is 0.507 e. The highest BCUT2D eigenvalue weighted by Crippen LogP contribution is 2.26. The molecule has 2 amide bonds. The number of fused-ring (bicyclic) bond motifs is 2. The molecule has 0 unspecified atom stereocenters. The summed E-state index contributed by atoms with van der Waals surface area (Å²) in [5, 5.41) is 31.5. The minimum Gasteiger partial charge on any atom is -0.507 e. The van der Waals surface area contributed by atoms with Gasteiger partial charge in [-0.1, -0.05) is 60.7 Å². The van der Waals surface area contributed by atoms with E-state index in [2.05, 4.69) is 21.1 Å². The number of nitrogens with one attached hydrogen (secondary N) is 2. The van der Waals surface area contributed by atoms with Gasteiger partial charge in [-0.15, -0.1) is 0 Å². The molecule has 170 valence electrons. The van der Waals surface area contributed by atoms with Crippen LogP contribution in [0.15, 0.2) is 83.0 Å². The lowest BCUT2D eigenvalue weighted by Crippen LogP contribution is -2.22. The number of phenols is 2. The molecule has 0 aliphatic heterocycles. The van der Waals surface area contributed by atoms with Crippen molar-refractivity contribution in [3.05, 3.63) is 83.9 Å². The van der Waals surface area contributed by atoms with Gasteiger partial charge in [-0.25, -0.2) is 10.9 Å². The van der Waals surface area contributed by atoms with E-state index in [0.717, 1.165) is 21.5 Å². The number of phenolic OH excluding ortho intramolecular Hbond substituents is 2. The van der Waals surface area contributed by atoms with Crippen LogP contribution >= 0.6 is 0 Å². The third-order valence-electron chi connectivity index (χ3n) is 5.24. The normalized spacial score (nSPS) is 11.4. The molecule has 0 spiro atoms. The van der Waals surface area contributed by atoms with Crippen LogP contribution in [0, 0.1) is 0 Å². The molecule has 4 aromatic rings. The van der Waals surface area contributed by atoms with Crippen molar-refractivity contribution in [2.45, 2.75) is 12.8 Å². The van der Waals surface area contributed by atoms with Gasteiger partial charge in [-0.3, -0.25) is 9.59 Å². The van der Waals surface area contributed by atoms with Crippen LogP contribution in [0.5, 0.6) is 11.5 Å². The van der Waals surface area contributed by atoms with E-state index in [0.29, 0.717) is 11.1 Å². The number of nitrogens with zero attached hydrogens (tertiary/aromatic N) is 2. The summed E-state index contributed by atoms with van der Waals surface area (Å²) in [4.78, 5) is 24.1. The maximum atomic E-state index is 12.0. The van der Waals surface area contributed by atoms with E-state index in [1.807, 2.05) is 48.5 Å². The second-order valence-electron chi connectivity index (χ2n) is 7.53. The van der Waals surface area contributed by atoms with Crippen molar-refractivity contribution in [1.82, 2.24) is 10.9 Å². The summed E-state index contributed by atoms with van der Waals surface area (Å²) in [6.07, 6.45) is 2.55. The molecule has 0 aromatic heterocycles. The van der Waals surface area contributed by atoms with Gasteiger partial charge in [0.25, 0.3) is 0 Å². The van der Waals surface area contributed by atoms with Crippen molar-refractivity contribution in [2.75, 3.05) is 0 Å². The first kappa shape index (κ1) is 22.5. The van der Waals surface area contributed by atoms with E-state index >= 15 is 0 Å².